The highest BCUT2D eigenvalue weighted by molar-refractivity contribution is 6.30. The number of urea groups is 1. The molecule has 2 saturated heterocycles. The molecule has 32 heavy (non-hydrogen) atoms. The number of halogens is 1. The number of rotatable bonds is 5. The molecule has 5 rings (SSSR count). The number of ether oxygens (including phenoxy) is 1. The Morgan fingerprint density at radius 2 is 1.91 bits per heavy atom. The number of H-pyrrole nitrogens is 1. The average molecular weight is 454 g/mol. The first-order valence-electron chi connectivity index (χ1n) is 10.6. The molecule has 2 aromatic carbocycles. The van der Waals surface area contributed by atoms with Gasteiger partial charge in [-0.15, -0.1) is 5.10 Å². The lowest BCUT2D eigenvalue weighted by Crippen LogP contribution is -2.62. The van der Waals surface area contributed by atoms with Crippen LogP contribution in [0.1, 0.15) is 18.4 Å². The van der Waals surface area contributed by atoms with Gasteiger partial charge in [-0.05, 0) is 73.1 Å². The van der Waals surface area contributed by atoms with Crippen molar-refractivity contribution in [2.24, 2.45) is 5.41 Å². The van der Waals surface area contributed by atoms with Gasteiger partial charge in [0.25, 0.3) is 5.95 Å². The molecule has 1 spiro atoms. The standard InChI is InChI=1S/C22H24ClN7O2/c23-17-4-6-18(7-5-17)32-19-3-1-2-16(12-19)13-29-10-8-22(9-11-29)14-30(15-22)21(31)24-20-25-27-28-26-20/h1-7,12H,8-11,13-15H2,(H2,24,25,26,27,28,31). The van der Waals surface area contributed by atoms with E-state index in [0.29, 0.717) is 5.02 Å². The lowest BCUT2D eigenvalue weighted by atomic mass is 9.72. The van der Waals surface area contributed by atoms with Crippen molar-refractivity contribution in [2.45, 2.75) is 19.4 Å². The van der Waals surface area contributed by atoms with Crippen molar-refractivity contribution >= 4 is 23.6 Å². The van der Waals surface area contributed by atoms with Gasteiger partial charge in [0.1, 0.15) is 11.5 Å². The highest BCUT2D eigenvalue weighted by Gasteiger charge is 2.46. The van der Waals surface area contributed by atoms with Gasteiger partial charge in [-0.1, -0.05) is 28.8 Å². The molecule has 2 aliphatic rings. The molecule has 3 heterocycles. The summed E-state index contributed by atoms with van der Waals surface area (Å²) in [6.07, 6.45) is 2.17. The molecule has 0 aliphatic carbocycles. The van der Waals surface area contributed by atoms with Crippen molar-refractivity contribution < 1.29 is 9.53 Å². The molecule has 0 bridgehead atoms. The van der Waals surface area contributed by atoms with Crippen LogP contribution in [0.2, 0.25) is 5.02 Å². The number of carbonyl (C=O) groups excluding carboxylic acids is 1. The number of nitrogens with zero attached hydrogens (tertiary/aromatic N) is 5. The Morgan fingerprint density at radius 3 is 2.62 bits per heavy atom. The summed E-state index contributed by atoms with van der Waals surface area (Å²) >= 11 is 5.94. The van der Waals surface area contributed by atoms with Crippen LogP contribution in [-0.2, 0) is 6.54 Å². The fraction of sp³-hybridized carbons (Fsp3) is 0.364. The van der Waals surface area contributed by atoms with E-state index in [1.54, 1.807) is 0 Å². The van der Waals surface area contributed by atoms with E-state index in [1.165, 1.54) is 5.56 Å². The van der Waals surface area contributed by atoms with Crippen molar-refractivity contribution in [1.29, 1.82) is 0 Å². The van der Waals surface area contributed by atoms with Crippen LogP contribution < -0.4 is 10.1 Å². The van der Waals surface area contributed by atoms with Gasteiger partial charge in [-0.3, -0.25) is 10.2 Å². The normalized spacial score (nSPS) is 17.7. The molecule has 0 unspecified atom stereocenters. The fourth-order valence-corrected chi connectivity index (χ4v) is 4.53. The number of hydrogen-bond acceptors (Lipinski definition) is 6. The van der Waals surface area contributed by atoms with Crippen molar-refractivity contribution in [3.63, 3.8) is 0 Å². The molecule has 2 amide bonds. The number of tetrazole rings is 1. The van der Waals surface area contributed by atoms with Crippen LogP contribution in [0.5, 0.6) is 11.5 Å². The molecule has 2 fully saturated rings. The average Bonchev–Trinajstić information content (AvgIpc) is 3.28. The van der Waals surface area contributed by atoms with E-state index in [9.17, 15) is 4.79 Å². The van der Waals surface area contributed by atoms with Crippen molar-refractivity contribution in [3.8, 4) is 11.5 Å². The molecule has 1 aromatic heterocycles. The summed E-state index contributed by atoms with van der Waals surface area (Å²) in [5.41, 5.74) is 1.45. The molecule has 0 radical (unpaired) electrons. The maximum Gasteiger partial charge on any atom is 0.324 e. The number of aromatic amines is 1. The van der Waals surface area contributed by atoms with Crippen LogP contribution in [-0.4, -0.2) is 62.6 Å². The van der Waals surface area contributed by atoms with Gasteiger partial charge in [0.2, 0.25) is 0 Å². The summed E-state index contributed by atoms with van der Waals surface area (Å²) in [5, 5.41) is 16.6. The second kappa shape index (κ2) is 8.76. The van der Waals surface area contributed by atoms with Gasteiger partial charge in [-0.25, -0.2) is 4.79 Å². The zero-order valence-corrected chi connectivity index (χ0v) is 18.3. The maximum atomic E-state index is 12.3. The zero-order valence-electron chi connectivity index (χ0n) is 17.5. The molecule has 0 saturated carbocycles. The number of anilines is 1. The minimum absolute atomic E-state index is 0.169. The van der Waals surface area contributed by atoms with Crippen LogP contribution in [0.3, 0.4) is 0 Å². The third-order valence-electron chi connectivity index (χ3n) is 6.17. The van der Waals surface area contributed by atoms with E-state index in [4.69, 9.17) is 16.3 Å². The van der Waals surface area contributed by atoms with Crippen molar-refractivity contribution in [2.75, 3.05) is 31.5 Å². The van der Waals surface area contributed by atoms with Gasteiger partial charge in [0.15, 0.2) is 0 Å². The Bertz CT molecular complexity index is 1060. The van der Waals surface area contributed by atoms with Crippen LogP contribution >= 0.6 is 11.6 Å². The number of nitrogens with one attached hydrogen (secondary N) is 2. The molecule has 0 atom stereocenters. The van der Waals surface area contributed by atoms with Crippen LogP contribution in [0.15, 0.2) is 48.5 Å². The maximum absolute atomic E-state index is 12.3. The van der Waals surface area contributed by atoms with E-state index in [2.05, 4.69) is 43.0 Å². The van der Waals surface area contributed by atoms with E-state index < -0.39 is 0 Å². The highest BCUT2D eigenvalue weighted by atomic mass is 35.5. The van der Waals surface area contributed by atoms with Crippen molar-refractivity contribution in [3.05, 3.63) is 59.1 Å². The number of amides is 2. The van der Waals surface area contributed by atoms with Gasteiger partial charge in [0, 0.05) is 30.1 Å². The second-order valence-electron chi connectivity index (χ2n) is 8.50. The Hall–Kier alpha value is -3.17. The topological polar surface area (TPSA) is 99.3 Å². The highest BCUT2D eigenvalue weighted by Crippen LogP contribution is 2.41. The number of carbonyl (C=O) groups is 1. The third-order valence-corrected chi connectivity index (χ3v) is 6.43. The second-order valence-corrected chi connectivity index (χ2v) is 8.94. The quantitative estimate of drug-likeness (QED) is 0.610. The summed E-state index contributed by atoms with van der Waals surface area (Å²) < 4.78 is 5.96. The molecule has 2 N–H and O–H groups in total. The fourth-order valence-electron chi connectivity index (χ4n) is 4.40. The number of hydrogen-bond donors (Lipinski definition) is 2. The lowest BCUT2D eigenvalue weighted by molar-refractivity contribution is -0.0200. The summed E-state index contributed by atoms with van der Waals surface area (Å²) in [5.74, 6) is 1.79. The predicted octanol–water partition coefficient (Wildman–Crippen LogP) is 3.78. The molecular weight excluding hydrogens is 430 g/mol. The van der Waals surface area contributed by atoms with E-state index in [1.807, 2.05) is 41.3 Å². The van der Waals surface area contributed by atoms with Gasteiger partial charge < -0.3 is 9.64 Å². The van der Waals surface area contributed by atoms with E-state index in [0.717, 1.165) is 57.1 Å². The minimum atomic E-state index is -0.169. The Labute approximate surface area is 190 Å². The Kier molecular flexibility index (Phi) is 5.67. The Morgan fingerprint density at radius 1 is 1.12 bits per heavy atom. The van der Waals surface area contributed by atoms with Gasteiger partial charge in [0.05, 0.1) is 0 Å². The predicted molar refractivity (Wildman–Crippen MR) is 120 cm³/mol. The summed E-state index contributed by atoms with van der Waals surface area (Å²) in [6, 6.07) is 15.4. The van der Waals surface area contributed by atoms with Gasteiger partial charge in [-0.2, -0.15) is 5.21 Å². The number of benzene rings is 2. The van der Waals surface area contributed by atoms with Crippen LogP contribution in [0, 0.1) is 5.41 Å². The lowest BCUT2D eigenvalue weighted by Gasteiger charge is -2.53. The summed E-state index contributed by atoms with van der Waals surface area (Å²) in [4.78, 5) is 16.5. The molecule has 166 valence electrons. The zero-order chi connectivity index (χ0) is 22.0. The molecule has 3 aromatic rings. The Balaban J connectivity index is 1.10. The van der Waals surface area contributed by atoms with Crippen LogP contribution in [0.4, 0.5) is 10.7 Å². The molecule has 9 nitrogen and oxygen atoms in total. The number of likely N-dealkylation sites (tertiary alicyclic amines) is 2. The first-order valence-corrected chi connectivity index (χ1v) is 11.0. The third kappa shape index (κ3) is 4.68. The van der Waals surface area contributed by atoms with E-state index in [-0.39, 0.29) is 17.4 Å². The first kappa shape index (κ1) is 20.7. The smallest absolute Gasteiger partial charge is 0.324 e. The molecular formula is C22H24ClN7O2. The largest absolute Gasteiger partial charge is 0.457 e. The van der Waals surface area contributed by atoms with Gasteiger partial charge >= 0.3 is 6.03 Å². The van der Waals surface area contributed by atoms with Crippen LogP contribution in [0.25, 0.3) is 0 Å². The number of piperidine rings is 1. The first-order chi connectivity index (χ1) is 15.6. The minimum Gasteiger partial charge on any atom is -0.457 e. The van der Waals surface area contributed by atoms with Crippen molar-refractivity contribution in [1.82, 2.24) is 30.4 Å². The SMILES string of the molecule is O=C(Nc1nn[nH]n1)N1CC2(CCN(Cc3cccc(Oc4ccc(Cl)cc4)c3)CC2)C1. The molecule has 10 heteroatoms. The monoisotopic (exact) mass is 453 g/mol. The molecule has 2 aliphatic heterocycles. The van der Waals surface area contributed by atoms with E-state index >= 15 is 0 Å². The number of aromatic nitrogens is 4. The summed E-state index contributed by atoms with van der Waals surface area (Å²) in [6.45, 7) is 4.46. The summed E-state index contributed by atoms with van der Waals surface area (Å²) in [7, 11) is 0.